The zero-order valence-corrected chi connectivity index (χ0v) is 10.5. The third kappa shape index (κ3) is 4.73. The molecule has 0 bridgehead atoms. The number of ether oxygens (including phenoxy) is 1. The lowest BCUT2D eigenvalue weighted by molar-refractivity contribution is 0.165. The number of pyridine rings is 1. The summed E-state index contributed by atoms with van der Waals surface area (Å²) in [4.78, 5) is 4.51. The van der Waals surface area contributed by atoms with Crippen LogP contribution in [0.25, 0.3) is 0 Å². The fraction of sp³-hybridized carbons (Fsp3) is 0.615. The molecule has 0 aromatic carbocycles. The molecule has 90 valence electrons. The lowest BCUT2D eigenvalue weighted by Crippen LogP contribution is -2.35. The molecule has 0 radical (unpaired) electrons. The van der Waals surface area contributed by atoms with Gasteiger partial charge in [-0.15, -0.1) is 0 Å². The highest BCUT2D eigenvalue weighted by Gasteiger charge is 2.09. The Hall–Kier alpha value is -0.930. The van der Waals surface area contributed by atoms with Gasteiger partial charge in [-0.3, -0.25) is 4.98 Å². The van der Waals surface area contributed by atoms with E-state index < -0.39 is 0 Å². The van der Waals surface area contributed by atoms with E-state index in [9.17, 15) is 0 Å². The highest BCUT2D eigenvalue weighted by molar-refractivity contribution is 5.11. The number of nitrogens with zero attached hydrogens (tertiary/aromatic N) is 1. The van der Waals surface area contributed by atoms with Crippen LogP contribution >= 0.6 is 0 Å². The van der Waals surface area contributed by atoms with E-state index in [1.807, 2.05) is 13.0 Å². The smallest absolute Gasteiger partial charge is 0.0619 e. The number of hydrogen-bond donors (Lipinski definition) is 1. The normalized spacial score (nSPS) is 12.7. The van der Waals surface area contributed by atoms with Crippen molar-refractivity contribution >= 4 is 0 Å². The van der Waals surface area contributed by atoms with Crippen molar-refractivity contribution in [3.63, 3.8) is 0 Å². The molecule has 0 aliphatic rings. The van der Waals surface area contributed by atoms with E-state index in [4.69, 9.17) is 4.74 Å². The molecular weight excluding hydrogens is 200 g/mol. The minimum atomic E-state index is 0.360. The minimum absolute atomic E-state index is 0.360. The maximum absolute atomic E-state index is 5.21. The molecule has 1 aromatic heterocycles. The molecule has 1 aromatic rings. The Morgan fingerprint density at radius 2 is 2.25 bits per heavy atom. The van der Waals surface area contributed by atoms with Crippen molar-refractivity contribution in [2.45, 2.75) is 32.7 Å². The summed E-state index contributed by atoms with van der Waals surface area (Å²) in [6.45, 7) is 5.95. The predicted molar refractivity (Wildman–Crippen MR) is 66.6 cm³/mol. The van der Waals surface area contributed by atoms with Crippen molar-refractivity contribution in [3.05, 3.63) is 29.6 Å². The first-order valence-corrected chi connectivity index (χ1v) is 5.91. The van der Waals surface area contributed by atoms with E-state index in [1.54, 1.807) is 7.11 Å². The van der Waals surface area contributed by atoms with Crippen LogP contribution in [0.2, 0.25) is 0 Å². The Kier molecular flexibility index (Phi) is 6.04. The molecule has 1 rings (SSSR count). The fourth-order valence-electron chi connectivity index (χ4n) is 1.71. The van der Waals surface area contributed by atoms with Gasteiger partial charge in [-0.1, -0.05) is 13.0 Å². The second kappa shape index (κ2) is 7.36. The summed E-state index contributed by atoms with van der Waals surface area (Å²) in [7, 11) is 1.74. The zero-order valence-electron chi connectivity index (χ0n) is 10.5. The van der Waals surface area contributed by atoms with Crippen molar-refractivity contribution in [1.82, 2.24) is 10.3 Å². The topological polar surface area (TPSA) is 34.1 Å². The van der Waals surface area contributed by atoms with Crippen LogP contribution in [0.3, 0.4) is 0 Å². The van der Waals surface area contributed by atoms with E-state index in [1.165, 1.54) is 0 Å². The van der Waals surface area contributed by atoms with E-state index >= 15 is 0 Å². The summed E-state index contributed by atoms with van der Waals surface area (Å²) in [6.07, 6.45) is 2.07. The highest BCUT2D eigenvalue weighted by atomic mass is 16.5. The molecular formula is C13H22N2O. The Bertz CT molecular complexity index is 302. The average molecular weight is 222 g/mol. The van der Waals surface area contributed by atoms with Crippen LogP contribution in [0, 0.1) is 6.92 Å². The first kappa shape index (κ1) is 13.1. The molecule has 1 atom stereocenters. The summed E-state index contributed by atoms with van der Waals surface area (Å²) in [6, 6.07) is 6.51. The molecule has 0 spiro atoms. The Labute approximate surface area is 98.2 Å². The molecule has 1 N–H and O–H groups in total. The number of rotatable bonds is 7. The van der Waals surface area contributed by atoms with Crippen molar-refractivity contribution in [2.75, 3.05) is 20.3 Å². The van der Waals surface area contributed by atoms with Gasteiger partial charge in [0, 0.05) is 31.0 Å². The maximum atomic E-state index is 5.21. The van der Waals surface area contributed by atoms with Crippen molar-refractivity contribution in [1.29, 1.82) is 0 Å². The molecule has 0 fully saturated rings. The van der Waals surface area contributed by atoms with E-state index in [0.29, 0.717) is 6.04 Å². The van der Waals surface area contributed by atoms with Crippen LogP contribution < -0.4 is 5.32 Å². The number of nitrogens with one attached hydrogen (secondary N) is 1. The largest absolute Gasteiger partial charge is 0.383 e. The van der Waals surface area contributed by atoms with Gasteiger partial charge in [0.2, 0.25) is 0 Å². The molecule has 0 saturated carbocycles. The van der Waals surface area contributed by atoms with Crippen LogP contribution in [0.15, 0.2) is 18.2 Å². The predicted octanol–water partition coefficient (Wildman–Crippen LogP) is 1.95. The van der Waals surface area contributed by atoms with Crippen molar-refractivity contribution in [2.24, 2.45) is 0 Å². The van der Waals surface area contributed by atoms with Gasteiger partial charge < -0.3 is 10.1 Å². The number of aryl methyl sites for hydroxylation is 1. The lowest BCUT2D eigenvalue weighted by Gasteiger charge is -2.17. The van der Waals surface area contributed by atoms with E-state index in [-0.39, 0.29) is 0 Å². The van der Waals surface area contributed by atoms with Gasteiger partial charge >= 0.3 is 0 Å². The maximum Gasteiger partial charge on any atom is 0.0619 e. The van der Waals surface area contributed by atoms with Gasteiger partial charge in [0.15, 0.2) is 0 Å². The molecule has 0 aliphatic heterocycles. The van der Waals surface area contributed by atoms with Crippen LogP contribution in [-0.2, 0) is 11.2 Å². The SMILES string of the molecule is CCCNC(COC)Cc1cccc(C)n1. The molecule has 3 heteroatoms. The standard InChI is InChI=1S/C13H22N2O/c1-4-8-14-13(10-16-3)9-12-7-5-6-11(2)15-12/h5-7,13-14H,4,8-10H2,1-3H3. The van der Waals surface area contributed by atoms with Crippen LogP contribution in [-0.4, -0.2) is 31.3 Å². The van der Waals surface area contributed by atoms with Gasteiger partial charge in [0.1, 0.15) is 0 Å². The van der Waals surface area contributed by atoms with E-state index in [2.05, 4.69) is 29.4 Å². The fourth-order valence-corrected chi connectivity index (χ4v) is 1.71. The molecule has 1 heterocycles. The first-order valence-electron chi connectivity index (χ1n) is 5.91. The second-order valence-corrected chi connectivity index (χ2v) is 4.08. The van der Waals surface area contributed by atoms with Gasteiger partial charge in [-0.25, -0.2) is 0 Å². The zero-order chi connectivity index (χ0) is 11.8. The summed E-state index contributed by atoms with van der Waals surface area (Å²) in [5, 5.41) is 3.47. The monoisotopic (exact) mass is 222 g/mol. The molecule has 0 amide bonds. The second-order valence-electron chi connectivity index (χ2n) is 4.08. The van der Waals surface area contributed by atoms with Gasteiger partial charge in [-0.2, -0.15) is 0 Å². The van der Waals surface area contributed by atoms with Gasteiger partial charge in [0.05, 0.1) is 6.61 Å². The average Bonchev–Trinajstić information content (AvgIpc) is 2.26. The van der Waals surface area contributed by atoms with Crippen molar-refractivity contribution < 1.29 is 4.74 Å². The molecule has 0 saturated heterocycles. The summed E-state index contributed by atoms with van der Waals surface area (Å²) in [5.74, 6) is 0. The van der Waals surface area contributed by atoms with Crippen LogP contribution in [0.5, 0.6) is 0 Å². The van der Waals surface area contributed by atoms with E-state index in [0.717, 1.165) is 37.4 Å². The quantitative estimate of drug-likeness (QED) is 0.765. The van der Waals surface area contributed by atoms with Gasteiger partial charge in [0.25, 0.3) is 0 Å². The van der Waals surface area contributed by atoms with Crippen LogP contribution in [0.4, 0.5) is 0 Å². The number of methoxy groups -OCH3 is 1. The summed E-state index contributed by atoms with van der Waals surface area (Å²) in [5.41, 5.74) is 2.20. The number of aromatic nitrogens is 1. The highest BCUT2D eigenvalue weighted by Crippen LogP contribution is 2.02. The van der Waals surface area contributed by atoms with Crippen molar-refractivity contribution in [3.8, 4) is 0 Å². The third-order valence-corrected chi connectivity index (χ3v) is 2.45. The summed E-state index contributed by atoms with van der Waals surface area (Å²) < 4.78 is 5.21. The Morgan fingerprint density at radius 1 is 1.44 bits per heavy atom. The molecule has 3 nitrogen and oxygen atoms in total. The molecule has 0 aliphatic carbocycles. The third-order valence-electron chi connectivity index (χ3n) is 2.45. The van der Waals surface area contributed by atoms with Crippen LogP contribution in [0.1, 0.15) is 24.7 Å². The first-order chi connectivity index (χ1) is 7.76. The molecule has 16 heavy (non-hydrogen) atoms. The number of hydrogen-bond acceptors (Lipinski definition) is 3. The Balaban J connectivity index is 2.52. The summed E-state index contributed by atoms with van der Waals surface area (Å²) >= 11 is 0. The minimum Gasteiger partial charge on any atom is -0.383 e. The van der Waals surface area contributed by atoms with Gasteiger partial charge in [-0.05, 0) is 32.0 Å². The Morgan fingerprint density at radius 3 is 2.88 bits per heavy atom. The lowest BCUT2D eigenvalue weighted by atomic mass is 10.1. The molecule has 1 unspecified atom stereocenters.